The van der Waals surface area contributed by atoms with Gasteiger partial charge in [0.2, 0.25) is 0 Å². The van der Waals surface area contributed by atoms with E-state index in [2.05, 4.69) is 47.3 Å². The van der Waals surface area contributed by atoms with Crippen LogP contribution in [0.1, 0.15) is 28.2 Å². The van der Waals surface area contributed by atoms with E-state index in [4.69, 9.17) is 0 Å². The number of aromatic nitrogens is 2. The highest BCUT2D eigenvalue weighted by molar-refractivity contribution is 5.38. The van der Waals surface area contributed by atoms with E-state index in [0.29, 0.717) is 17.9 Å². The normalized spacial score (nSPS) is 10.6. The van der Waals surface area contributed by atoms with E-state index in [1.165, 1.54) is 11.1 Å². The Morgan fingerprint density at radius 2 is 1.84 bits per heavy atom. The molecule has 0 spiro atoms. The lowest BCUT2D eigenvalue weighted by Crippen LogP contribution is -2.06. The van der Waals surface area contributed by atoms with E-state index in [-0.39, 0.29) is 11.6 Å². The Hall–Kier alpha value is -1.97. The summed E-state index contributed by atoms with van der Waals surface area (Å²) < 4.78 is 13.7. The van der Waals surface area contributed by atoms with Gasteiger partial charge >= 0.3 is 0 Å². The third-order valence-electron chi connectivity index (χ3n) is 3.23. The number of hydrogen-bond acceptors (Lipinski definition) is 3. The van der Waals surface area contributed by atoms with Gasteiger partial charge < -0.3 is 5.32 Å². The maximum atomic E-state index is 13.7. The van der Waals surface area contributed by atoms with Gasteiger partial charge in [0.15, 0.2) is 11.6 Å². The lowest BCUT2D eigenvalue weighted by Gasteiger charge is -2.08. The molecule has 0 amide bonds. The van der Waals surface area contributed by atoms with Crippen LogP contribution >= 0.6 is 0 Å². The third kappa shape index (κ3) is 2.89. The summed E-state index contributed by atoms with van der Waals surface area (Å²) in [5, 5.41) is 2.76. The standard InChI is InChI=1S/C15H18FN3/c1-9-5-6-12(7-10(9)2)8-13-18-11(3)14(16)15(17-4)19-13/h5-7H,8H2,1-4H3,(H,17,18,19). The van der Waals surface area contributed by atoms with Crippen LogP contribution in [0.3, 0.4) is 0 Å². The van der Waals surface area contributed by atoms with Gasteiger partial charge in [0.05, 0.1) is 5.69 Å². The van der Waals surface area contributed by atoms with Crippen LogP contribution in [0.2, 0.25) is 0 Å². The molecule has 1 heterocycles. The predicted octanol–water partition coefficient (Wildman–Crippen LogP) is 3.17. The van der Waals surface area contributed by atoms with Crippen molar-refractivity contribution in [3.05, 3.63) is 52.2 Å². The van der Waals surface area contributed by atoms with Crippen LogP contribution in [0.25, 0.3) is 0 Å². The number of hydrogen-bond donors (Lipinski definition) is 1. The quantitative estimate of drug-likeness (QED) is 0.920. The summed E-state index contributed by atoms with van der Waals surface area (Å²) in [5.41, 5.74) is 4.01. The molecule has 0 aliphatic heterocycles. The minimum absolute atomic E-state index is 0.256. The Morgan fingerprint density at radius 1 is 1.11 bits per heavy atom. The number of anilines is 1. The molecule has 0 aliphatic carbocycles. The maximum Gasteiger partial charge on any atom is 0.186 e. The summed E-state index contributed by atoms with van der Waals surface area (Å²) in [6.07, 6.45) is 0.608. The first-order valence-corrected chi connectivity index (χ1v) is 6.28. The average Bonchev–Trinajstić information content (AvgIpc) is 2.38. The molecule has 0 atom stereocenters. The molecule has 0 unspecified atom stereocenters. The SMILES string of the molecule is CNc1nc(Cc2ccc(C)c(C)c2)nc(C)c1F. The summed E-state index contributed by atoms with van der Waals surface area (Å²) in [6.45, 7) is 5.81. The molecule has 2 aromatic rings. The Morgan fingerprint density at radius 3 is 2.47 bits per heavy atom. The number of benzene rings is 1. The molecule has 0 fully saturated rings. The highest BCUT2D eigenvalue weighted by Gasteiger charge is 2.10. The van der Waals surface area contributed by atoms with Gasteiger partial charge in [-0.05, 0) is 37.5 Å². The molecule has 1 N–H and O–H groups in total. The molecule has 0 saturated heterocycles. The van der Waals surface area contributed by atoms with Crippen molar-refractivity contribution < 1.29 is 4.39 Å². The van der Waals surface area contributed by atoms with Crippen LogP contribution in [-0.4, -0.2) is 17.0 Å². The fourth-order valence-electron chi connectivity index (χ4n) is 1.96. The van der Waals surface area contributed by atoms with E-state index in [9.17, 15) is 4.39 Å². The van der Waals surface area contributed by atoms with Gasteiger partial charge in [-0.15, -0.1) is 0 Å². The van der Waals surface area contributed by atoms with Crippen molar-refractivity contribution in [2.24, 2.45) is 0 Å². The highest BCUT2D eigenvalue weighted by Crippen LogP contribution is 2.16. The lowest BCUT2D eigenvalue weighted by molar-refractivity contribution is 0.602. The number of nitrogens with one attached hydrogen (secondary N) is 1. The summed E-state index contributed by atoms with van der Waals surface area (Å²) in [7, 11) is 1.66. The van der Waals surface area contributed by atoms with E-state index < -0.39 is 0 Å². The highest BCUT2D eigenvalue weighted by atomic mass is 19.1. The second-order valence-corrected chi connectivity index (χ2v) is 4.73. The van der Waals surface area contributed by atoms with Crippen molar-refractivity contribution in [3.8, 4) is 0 Å². The van der Waals surface area contributed by atoms with E-state index in [0.717, 1.165) is 5.56 Å². The van der Waals surface area contributed by atoms with Gasteiger partial charge in [0, 0.05) is 13.5 Å². The van der Waals surface area contributed by atoms with Crippen molar-refractivity contribution in [1.82, 2.24) is 9.97 Å². The van der Waals surface area contributed by atoms with Crippen LogP contribution in [0.15, 0.2) is 18.2 Å². The zero-order valence-corrected chi connectivity index (χ0v) is 11.7. The van der Waals surface area contributed by atoms with Gasteiger partial charge in [-0.25, -0.2) is 14.4 Å². The lowest BCUT2D eigenvalue weighted by atomic mass is 10.0. The molecule has 1 aromatic carbocycles. The largest absolute Gasteiger partial charge is 0.371 e. The van der Waals surface area contributed by atoms with Gasteiger partial charge in [-0.2, -0.15) is 0 Å². The zero-order chi connectivity index (χ0) is 14.0. The molecule has 4 heteroatoms. The van der Waals surface area contributed by atoms with Crippen LogP contribution in [0.5, 0.6) is 0 Å². The summed E-state index contributed by atoms with van der Waals surface area (Å²) >= 11 is 0. The number of halogens is 1. The predicted molar refractivity (Wildman–Crippen MR) is 75.0 cm³/mol. The van der Waals surface area contributed by atoms with Gasteiger partial charge in [0.1, 0.15) is 5.82 Å². The summed E-state index contributed by atoms with van der Waals surface area (Å²) in [5.74, 6) is 0.504. The first-order valence-electron chi connectivity index (χ1n) is 6.28. The average molecular weight is 259 g/mol. The van der Waals surface area contributed by atoms with Crippen molar-refractivity contribution >= 4 is 5.82 Å². The van der Waals surface area contributed by atoms with Gasteiger partial charge in [-0.3, -0.25) is 0 Å². The van der Waals surface area contributed by atoms with Crippen LogP contribution in [-0.2, 0) is 6.42 Å². The van der Waals surface area contributed by atoms with E-state index in [1.807, 2.05) is 0 Å². The van der Waals surface area contributed by atoms with Gasteiger partial charge in [-0.1, -0.05) is 18.2 Å². The second-order valence-electron chi connectivity index (χ2n) is 4.73. The van der Waals surface area contributed by atoms with Crippen LogP contribution in [0.4, 0.5) is 10.2 Å². The Balaban J connectivity index is 2.32. The van der Waals surface area contributed by atoms with E-state index in [1.54, 1.807) is 14.0 Å². The molecule has 0 radical (unpaired) electrons. The fraction of sp³-hybridized carbons (Fsp3) is 0.333. The molecular formula is C15H18FN3. The molecule has 19 heavy (non-hydrogen) atoms. The van der Waals surface area contributed by atoms with Gasteiger partial charge in [0.25, 0.3) is 0 Å². The second kappa shape index (κ2) is 5.34. The first kappa shape index (κ1) is 13.5. The molecule has 2 rings (SSSR count). The minimum Gasteiger partial charge on any atom is -0.371 e. The first-order chi connectivity index (χ1) is 9.01. The van der Waals surface area contributed by atoms with Crippen molar-refractivity contribution in [3.63, 3.8) is 0 Å². The minimum atomic E-state index is -0.383. The van der Waals surface area contributed by atoms with Crippen molar-refractivity contribution in [2.75, 3.05) is 12.4 Å². The topological polar surface area (TPSA) is 37.8 Å². The molecule has 3 nitrogen and oxygen atoms in total. The fourth-order valence-corrected chi connectivity index (χ4v) is 1.96. The Kier molecular flexibility index (Phi) is 3.79. The molecule has 0 bridgehead atoms. The smallest absolute Gasteiger partial charge is 0.186 e. The molecule has 0 aliphatic rings. The van der Waals surface area contributed by atoms with Crippen molar-refractivity contribution in [1.29, 1.82) is 0 Å². The van der Waals surface area contributed by atoms with Crippen LogP contribution in [0, 0.1) is 26.6 Å². The summed E-state index contributed by atoms with van der Waals surface area (Å²) in [4.78, 5) is 8.40. The molecule has 1 aromatic heterocycles. The monoisotopic (exact) mass is 259 g/mol. The van der Waals surface area contributed by atoms with Crippen molar-refractivity contribution in [2.45, 2.75) is 27.2 Å². The molecule has 100 valence electrons. The number of nitrogens with zero attached hydrogens (tertiary/aromatic N) is 2. The third-order valence-corrected chi connectivity index (χ3v) is 3.23. The summed E-state index contributed by atoms with van der Waals surface area (Å²) in [6, 6.07) is 6.26. The number of rotatable bonds is 3. The van der Waals surface area contributed by atoms with Crippen LogP contribution < -0.4 is 5.32 Å². The maximum absolute atomic E-state index is 13.7. The molecule has 0 saturated carbocycles. The Bertz CT molecular complexity index is 609. The zero-order valence-electron chi connectivity index (χ0n) is 11.7. The van der Waals surface area contributed by atoms with E-state index >= 15 is 0 Å². The number of aryl methyl sites for hydroxylation is 3. The Labute approximate surface area is 112 Å². The molecular weight excluding hydrogens is 241 g/mol.